The van der Waals surface area contributed by atoms with Crippen molar-refractivity contribution in [3.8, 4) is 5.75 Å². The zero-order valence-electron chi connectivity index (χ0n) is 14.7. The van der Waals surface area contributed by atoms with Gasteiger partial charge in [0, 0.05) is 30.8 Å². The van der Waals surface area contributed by atoms with Crippen molar-refractivity contribution in [3.63, 3.8) is 0 Å². The van der Waals surface area contributed by atoms with Gasteiger partial charge >= 0.3 is 6.61 Å². The van der Waals surface area contributed by atoms with E-state index in [1.54, 1.807) is 41.3 Å². The number of rotatable bonds is 7. The van der Waals surface area contributed by atoms with Gasteiger partial charge in [-0.3, -0.25) is 9.59 Å². The van der Waals surface area contributed by atoms with E-state index in [0.717, 1.165) is 17.7 Å². The first-order chi connectivity index (χ1) is 13.0. The Morgan fingerprint density at radius 1 is 1.11 bits per heavy atom. The van der Waals surface area contributed by atoms with Gasteiger partial charge in [-0.15, -0.1) is 0 Å². The minimum atomic E-state index is -2.84. The van der Waals surface area contributed by atoms with Crippen LogP contribution in [0.3, 0.4) is 0 Å². The number of amides is 2. The predicted molar refractivity (Wildman–Crippen MR) is 97.1 cm³/mol. The van der Waals surface area contributed by atoms with Gasteiger partial charge in [0.05, 0.1) is 0 Å². The van der Waals surface area contributed by atoms with Gasteiger partial charge in [0.1, 0.15) is 5.75 Å². The zero-order chi connectivity index (χ0) is 19.2. The summed E-state index contributed by atoms with van der Waals surface area (Å²) in [4.78, 5) is 25.7. The highest BCUT2D eigenvalue weighted by atomic mass is 19.3. The Hall–Kier alpha value is -2.96. The van der Waals surface area contributed by atoms with Crippen LogP contribution in [0.2, 0.25) is 0 Å². The number of halogens is 2. The van der Waals surface area contributed by atoms with E-state index >= 15 is 0 Å². The third-order valence-corrected chi connectivity index (χ3v) is 4.36. The summed E-state index contributed by atoms with van der Waals surface area (Å²) in [6.07, 6.45) is 1.99. The summed E-state index contributed by atoms with van der Waals surface area (Å²) >= 11 is 0. The van der Waals surface area contributed by atoms with E-state index in [2.05, 4.69) is 10.1 Å². The molecule has 2 aromatic carbocycles. The van der Waals surface area contributed by atoms with Crippen molar-refractivity contribution in [2.75, 3.05) is 18.0 Å². The fourth-order valence-corrected chi connectivity index (χ4v) is 2.97. The Labute approximate surface area is 155 Å². The largest absolute Gasteiger partial charge is 0.435 e. The molecule has 0 atom stereocenters. The molecule has 2 amide bonds. The molecule has 0 radical (unpaired) electrons. The fourth-order valence-electron chi connectivity index (χ4n) is 2.97. The minimum absolute atomic E-state index is 0.106. The average Bonchev–Trinajstić information content (AvgIpc) is 3.09. The van der Waals surface area contributed by atoms with E-state index in [4.69, 9.17) is 0 Å². The number of hydrogen-bond acceptors (Lipinski definition) is 3. The lowest BCUT2D eigenvalue weighted by Crippen LogP contribution is -2.26. The van der Waals surface area contributed by atoms with E-state index in [1.807, 2.05) is 0 Å². The maximum atomic E-state index is 12.2. The monoisotopic (exact) mass is 374 g/mol. The topological polar surface area (TPSA) is 58.6 Å². The van der Waals surface area contributed by atoms with E-state index in [0.29, 0.717) is 31.5 Å². The first-order valence-electron chi connectivity index (χ1n) is 8.75. The first kappa shape index (κ1) is 18.8. The van der Waals surface area contributed by atoms with Crippen LogP contribution in [0, 0.1) is 0 Å². The molecular formula is C20H20F2N2O3. The molecule has 0 unspecified atom stereocenters. The number of nitrogens with one attached hydrogen (secondary N) is 1. The van der Waals surface area contributed by atoms with E-state index in [1.165, 1.54) is 12.1 Å². The lowest BCUT2D eigenvalue weighted by Gasteiger charge is -2.15. The van der Waals surface area contributed by atoms with Crippen LogP contribution in [0.15, 0.2) is 48.5 Å². The number of alkyl halides is 2. The van der Waals surface area contributed by atoms with Crippen LogP contribution < -0.4 is 15.0 Å². The summed E-state index contributed by atoms with van der Waals surface area (Å²) in [6.45, 7) is -1.71. The minimum Gasteiger partial charge on any atom is -0.435 e. The molecule has 0 bridgehead atoms. The smallest absolute Gasteiger partial charge is 0.387 e. The fraction of sp³-hybridized carbons (Fsp3) is 0.300. The SMILES string of the molecule is O=C(NCCc1ccc(OC(F)F)cc1)c1ccc(N2CCCC2=O)cc1. The second kappa shape index (κ2) is 8.62. The first-order valence-corrected chi connectivity index (χ1v) is 8.75. The molecule has 1 saturated heterocycles. The van der Waals surface area contributed by atoms with Gasteiger partial charge in [-0.05, 0) is 54.8 Å². The Bertz CT molecular complexity index is 792. The van der Waals surface area contributed by atoms with Crippen molar-refractivity contribution in [2.24, 2.45) is 0 Å². The molecule has 1 aliphatic heterocycles. The number of hydrogen-bond donors (Lipinski definition) is 1. The van der Waals surface area contributed by atoms with Crippen LogP contribution in [0.5, 0.6) is 5.75 Å². The zero-order valence-corrected chi connectivity index (χ0v) is 14.7. The van der Waals surface area contributed by atoms with Crippen LogP contribution >= 0.6 is 0 Å². The molecule has 142 valence electrons. The van der Waals surface area contributed by atoms with Gasteiger partial charge < -0.3 is 15.0 Å². The molecule has 3 rings (SSSR count). The van der Waals surface area contributed by atoms with Crippen LogP contribution in [0.1, 0.15) is 28.8 Å². The molecule has 1 aliphatic rings. The Morgan fingerprint density at radius 2 is 1.81 bits per heavy atom. The lowest BCUT2D eigenvalue weighted by molar-refractivity contribution is -0.117. The maximum absolute atomic E-state index is 12.2. The molecule has 7 heteroatoms. The second-order valence-corrected chi connectivity index (χ2v) is 6.22. The van der Waals surface area contributed by atoms with Crippen molar-refractivity contribution in [3.05, 3.63) is 59.7 Å². The van der Waals surface area contributed by atoms with E-state index < -0.39 is 6.61 Å². The van der Waals surface area contributed by atoms with Crippen LogP contribution in [0.4, 0.5) is 14.5 Å². The Morgan fingerprint density at radius 3 is 2.41 bits per heavy atom. The van der Waals surface area contributed by atoms with Gasteiger partial charge in [-0.25, -0.2) is 0 Å². The highest BCUT2D eigenvalue weighted by molar-refractivity contribution is 5.97. The van der Waals surface area contributed by atoms with Gasteiger partial charge in [-0.2, -0.15) is 8.78 Å². The molecule has 0 aromatic heterocycles. The highest BCUT2D eigenvalue weighted by Gasteiger charge is 2.21. The highest BCUT2D eigenvalue weighted by Crippen LogP contribution is 2.21. The van der Waals surface area contributed by atoms with Gasteiger partial charge in [0.2, 0.25) is 5.91 Å². The Kier molecular flexibility index (Phi) is 6.01. The van der Waals surface area contributed by atoms with E-state index in [-0.39, 0.29) is 17.6 Å². The average molecular weight is 374 g/mol. The predicted octanol–water partition coefficient (Wildman–Crippen LogP) is 3.39. The normalized spacial score (nSPS) is 13.9. The van der Waals surface area contributed by atoms with Crippen LogP contribution in [0.25, 0.3) is 0 Å². The molecule has 0 saturated carbocycles. The summed E-state index contributed by atoms with van der Waals surface area (Å²) in [5.41, 5.74) is 2.23. The molecule has 2 aromatic rings. The number of anilines is 1. The van der Waals surface area contributed by atoms with Gasteiger partial charge in [0.25, 0.3) is 5.91 Å². The van der Waals surface area contributed by atoms with Crippen molar-refractivity contribution >= 4 is 17.5 Å². The number of carbonyl (C=O) groups is 2. The van der Waals surface area contributed by atoms with Crippen molar-refractivity contribution < 1.29 is 23.1 Å². The summed E-state index contributed by atoms with van der Waals surface area (Å²) < 4.78 is 28.5. The molecule has 0 aliphatic carbocycles. The molecular weight excluding hydrogens is 354 g/mol. The number of carbonyl (C=O) groups excluding carboxylic acids is 2. The van der Waals surface area contributed by atoms with Crippen LogP contribution in [-0.2, 0) is 11.2 Å². The molecule has 1 heterocycles. The van der Waals surface area contributed by atoms with Crippen molar-refractivity contribution in [1.29, 1.82) is 0 Å². The molecule has 5 nitrogen and oxygen atoms in total. The second-order valence-electron chi connectivity index (χ2n) is 6.22. The van der Waals surface area contributed by atoms with E-state index in [9.17, 15) is 18.4 Å². The molecule has 0 spiro atoms. The van der Waals surface area contributed by atoms with Crippen molar-refractivity contribution in [1.82, 2.24) is 5.32 Å². The summed E-state index contributed by atoms with van der Waals surface area (Å²) in [7, 11) is 0. The third-order valence-electron chi connectivity index (χ3n) is 4.36. The van der Waals surface area contributed by atoms with Crippen molar-refractivity contribution in [2.45, 2.75) is 25.9 Å². The lowest BCUT2D eigenvalue weighted by atomic mass is 10.1. The standard InChI is InChI=1S/C20H20F2N2O3/c21-20(22)27-17-9-3-14(4-10-17)11-12-23-19(26)15-5-7-16(8-6-15)24-13-1-2-18(24)25/h3-10,20H,1-2,11-13H2,(H,23,26). The summed E-state index contributed by atoms with van der Waals surface area (Å²) in [6, 6.07) is 13.3. The maximum Gasteiger partial charge on any atom is 0.387 e. The van der Waals surface area contributed by atoms with Gasteiger partial charge in [0.15, 0.2) is 0 Å². The third kappa shape index (κ3) is 5.03. The quantitative estimate of drug-likeness (QED) is 0.808. The Balaban J connectivity index is 1.48. The van der Waals surface area contributed by atoms with Crippen LogP contribution in [-0.4, -0.2) is 31.5 Å². The number of ether oxygens (including phenoxy) is 1. The number of benzene rings is 2. The van der Waals surface area contributed by atoms with Gasteiger partial charge in [-0.1, -0.05) is 12.1 Å². The molecule has 27 heavy (non-hydrogen) atoms. The number of nitrogens with zero attached hydrogens (tertiary/aromatic N) is 1. The molecule has 1 N–H and O–H groups in total. The summed E-state index contributed by atoms with van der Waals surface area (Å²) in [5.74, 6) is 0.0125. The summed E-state index contributed by atoms with van der Waals surface area (Å²) in [5, 5.41) is 2.82. The molecule has 1 fully saturated rings.